The molecule has 0 unspecified atom stereocenters. The maximum absolute atomic E-state index is 12.7. The molecule has 0 saturated heterocycles. The number of hydrogen-bond acceptors (Lipinski definition) is 6. The van der Waals surface area contributed by atoms with Crippen LogP contribution in [0, 0.1) is 5.92 Å². The van der Waals surface area contributed by atoms with Gasteiger partial charge in [-0.25, -0.2) is 13.4 Å². The Morgan fingerprint density at radius 3 is 2.59 bits per heavy atom. The van der Waals surface area contributed by atoms with Gasteiger partial charge in [0.2, 0.25) is 10.0 Å². The van der Waals surface area contributed by atoms with Gasteiger partial charge in [0.05, 0.1) is 30.0 Å². The zero-order valence-electron chi connectivity index (χ0n) is 16.6. The van der Waals surface area contributed by atoms with Crippen molar-refractivity contribution in [3.63, 3.8) is 0 Å². The van der Waals surface area contributed by atoms with Crippen molar-refractivity contribution in [1.82, 2.24) is 19.3 Å². The third kappa shape index (κ3) is 4.99. The zero-order valence-corrected chi connectivity index (χ0v) is 17.4. The molecule has 9 heteroatoms. The lowest BCUT2D eigenvalue weighted by atomic mass is 10.1. The minimum Gasteiger partial charge on any atom is -0.468 e. The van der Waals surface area contributed by atoms with Gasteiger partial charge in [-0.05, 0) is 36.1 Å². The number of hydrogen-bond donors (Lipinski definition) is 1. The highest BCUT2D eigenvalue weighted by atomic mass is 32.2. The molecule has 0 aliphatic carbocycles. The van der Waals surface area contributed by atoms with Gasteiger partial charge in [-0.3, -0.25) is 9.78 Å². The van der Waals surface area contributed by atoms with Crippen molar-refractivity contribution in [3.05, 3.63) is 54.6 Å². The number of benzene rings is 1. The lowest BCUT2D eigenvalue weighted by Gasteiger charge is -2.18. The largest absolute Gasteiger partial charge is 0.468 e. The number of aromatic nitrogens is 3. The summed E-state index contributed by atoms with van der Waals surface area (Å²) in [5.74, 6) is -0.468. The fraction of sp³-hybridized carbons (Fsp3) is 0.350. The van der Waals surface area contributed by atoms with Crippen LogP contribution in [-0.4, -0.2) is 42.1 Å². The minimum atomic E-state index is -3.85. The van der Waals surface area contributed by atoms with E-state index in [1.165, 1.54) is 19.2 Å². The summed E-state index contributed by atoms with van der Waals surface area (Å²) in [4.78, 5) is 20.4. The quantitative estimate of drug-likeness (QED) is 0.566. The first-order valence-corrected chi connectivity index (χ1v) is 10.7. The number of pyridine rings is 1. The van der Waals surface area contributed by atoms with Crippen LogP contribution in [0.25, 0.3) is 11.0 Å². The van der Waals surface area contributed by atoms with E-state index in [9.17, 15) is 13.2 Å². The van der Waals surface area contributed by atoms with Gasteiger partial charge in [-0.2, -0.15) is 4.72 Å². The molecule has 1 atom stereocenters. The van der Waals surface area contributed by atoms with Crippen molar-refractivity contribution in [1.29, 1.82) is 0 Å². The number of nitrogens with one attached hydrogen (secondary N) is 1. The summed E-state index contributed by atoms with van der Waals surface area (Å²) >= 11 is 0. The summed E-state index contributed by atoms with van der Waals surface area (Å²) in [6.45, 7) is 4.37. The molecule has 3 rings (SSSR count). The lowest BCUT2D eigenvalue weighted by Crippen LogP contribution is -2.42. The number of carbonyl (C=O) groups excluding carboxylic acids is 1. The van der Waals surface area contributed by atoms with Crippen LogP contribution in [0.15, 0.2) is 53.9 Å². The lowest BCUT2D eigenvalue weighted by molar-refractivity contribution is -0.143. The number of imidazole rings is 1. The SMILES string of the molecule is COC(=O)[C@H](CC(C)C)NS(=O)(=O)c1ccc(Cn2cnc3cnccc32)cc1. The van der Waals surface area contributed by atoms with Crippen molar-refractivity contribution in [2.45, 2.75) is 37.8 Å². The van der Waals surface area contributed by atoms with E-state index in [4.69, 9.17) is 4.74 Å². The van der Waals surface area contributed by atoms with Crippen LogP contribution in [0.4, 0.5) is 0 Å². The van der Waals surface area contributed by atoms with Crippen LogP contribution in [0.1, 0.15) is 25.8 Å². The highest BCUT2D eigenvalue weighted by Gasteiger charge is 2.27. The Bertz CT molecular complexity index is 1090. The van der Waals surface area contributed by atoms with Gasteiger partial charge >= 0.3 is 5.97 Å². The normalized spacial score (nSPS) is 13.0. The molecule has 1 N–H and O–H groups in total. The first kappa shape index (κ1) is 20.9. The molecule has 0 spiro atoms. The van der Waals surface area contributed by atoms with E-state index in [2.05, 4.69) is 14.7 Å². The molecule has 0 radical (unpaired) electrons. The second-order valence-corrected chi connectivity index (χ2v) is 8.92. The van der Waals surface area contributed by atoms with Crippen molar-refractivity contribution < 1.29 is 17.9 Å². The van der Waals surface area contributed by atoms with Crippen LogP contribution < -0.4 is 4.72 Å². The second-order valence-electron chi connectivity index (χ2n) is 7.21. The van der Waals surface area contributed by atoms with Crippen molar-refractivity contribution in [3.8, 4) is 0 Å². The fourth-order valence-electron chi connectivity index (χ4n) is 3.07. The molecule has 0 aliphatic rings. The number of esters is 1. The third-order valence-electron chi connectivity index (χ3n) is 4.50. The Morgan fingerprint density at radius 1 is 1.21 bits per heavy atom. The molecule has 0 amide bonds. The van der Waals surface area contributed by atoms with Crippen LogP contribution >= 0.6 is 0 Å². The Labute approximate surface area is 170 Å². The molecule has 1 aromatic carbocycles. The Balaban J connectivity index is 1.76. The maximum Gasteiger partial charge on any atom is 0.323 e. The van der Waals surface area contributed by atoms with Gasteiger partial charge in [0.25, 0.3) is 0 Å². The highest BCUT2D eigenvalue weighted by Crippen LogP contribution is 2.17. The number of sulfonamides is 1. The molecular formula is C20H24N4O4S. The minimum absolute atomic E-state index is 0.0959. The summed E-state index contributed by atoms with van der Waals surface area (Å²) in [6.07, 6.45) is 5.48. The smallest absolute Gasteiger partial charge is 0.323 e. The first-order chi connectivity index (χ1) is 13.8. The standard InChI is InChI=1S/C20H24N4O4S/c1-14(2)10-17(20(25)28-3)23-29(26,27)16-6-4-15(5-7-16)12-24-13-22-18-11-21-9-8-19(18)24/h4-9,11,13-14,17,23H,10,12H2,1-3H3/t17-/m0/s1. The molecule has 0 aliphatic heterocycles. The zero-order chi connectivity index (χ0) is 21.0. The number of methoxy groups -OCH3 is 1. The van der Waals surface area contributed by atoms with E-state index in [0.29, 0.717) is 13.0 Å². The number of nitrogens with zero attached hydrogens (tertiary/aromatic N) is 3. The molecule has 0 bridgehead atoms. The van der Waals surface area contributed by atoms with Crippen LogP contribution in [-0.2, 0) is 26.1 Å². The average Bonchev–Trinajstić information content (AvgIpc) is 3.10. The van der Waals surface area contributed by atoms with E-state index in [1.54, 1.807) is 30.9 Å². The molecular weight excluding hydrogens is 392 g/mol. The van der Waals surface area contributed by atoms with Crippen molar-refractivity contribution in [2.75, 3.05) is 7.11 Å². The van der Waals surface area contributed by atoms with Crippen molar-refractivity contribution in [2.24, 2.45) is 5.92 Å². The predicted octanol–water partition coefficient (Wildman–Crippen LogP) is 2.35. The molecule has 2 heterocycles. The van der Waals surface area contributed by atoms with Gasteiger partial charge in [0, 0.05) is 12.7 Å². The summed E-state index contributed by atoms with van der Waals surface area (Å²) in [7, 11) is -2.61. The van der Waals surface area contributed by atoms with Crippen molar-refractivity contribution >= 4 is 27.0 Å². The van der Waals surface area contributed by atoms with Gasteiger partial charge in [-0.1, -0.05) is 26.0 Å². The number of rotatable bonds is 8. The van der Waals surface area contributed by atoms with E-state index < -0.39 is 22.0 Å². The molecule has 3 aromatic rings. The molecule has 0 fully saturated rings. The monoisotopic (exact) mass is 416 g/mol. The van der Waals surface area contributed by atoms with Gasteiger partial charge in [-0.15, -0.1) is 0 Å². The Kier molecular flexibility index (Phi) is 6.29. The Morgan fingerprint density at radius 2 is 1.93 bits per heavy atom. The summed E-state index contributed by atoms with van der Waals surface area (Å²) in [5.41, 5.74) is 2.68. The molecule has 2 aromatic heterocycles. The van der Waals surface area contributed by atoms with Crippen LogP contribution in [0.5, 0.6) is 0 Å². The van der Waals surface area contributed by atoms with E-state index in [1.807, 2.05) is 24.5 Å². The summed E-state index contributed by atoms with van der Waals surface area (Å²) in [6, 6.07) is 7.52. The third-order valence-corrected chi connectivity index (χ3v) is 5.99. The van der Waals surface area contributed by atoms with E-state index in [0.717, 1.165) is 16.6 Å². The molecule has 8 nitrogen and oxygen atoms in total. The van der Waals surface area contributed by atoms with Gasteiger partial charge in [0.15, 0.2) is 0 Å². The molecule has 154 valence electrons. The maximum atomic E-state index is 12.7. The molecule has 29 heavy (non-hydrogen) atoms. The van der Waals surface area contributed by atoms with Crippen LogP contribution in [0.2, 0.25) is 0 Å². The fourth-order valence-corrected chi connectivity index (χ4v) is 4.27. The molecule has 0 saturated carbocycles. The van der Waals surface area contributed by atoms with E-state index >= 15 is 0 Å². The van der Waals surface area contributed by atoms with Crippen LogP contribution in [0.3, 0.4) is 0 Å². The predicted molar refractivity (Wildman–Crippen MR) is 109 cm³/mol. The summed E-state index contributed by atoms with van der Waals surface area (Å²) < 4.78 is 34.6. The Hall–Kier alpha value is -2.78. The number of ether oxygens (including phenoxy) is 1. The number of carbonyl (C=O) groups is 1. The van der Waals surface area contributed by atoms with Gasteiger partial charge < -0.3 is 9.30 Å². The summed E-state index contributed by atoms with van der Waals surface area (Å²) in [5, 5.41) is 0. The number of fused-ring (bicyclic) bond motifs is 1. The van der Waals surface area contributed by atoms with E-state index in [-0.39, 0.29) is 10.8 Å². The topological polar surface area (TPSA) is 103 Å². The second kappa shape index (κ2) is 8.71. The van der Waals surface area contributed by atoms with Gasteiger partial charge in [0.1, 0.15) is 11.6 Å². The first-order valence-electron chi connectivity index (χ1n) is 9.24. The average molecular weight is 417 g/mol. The highest BCUT2D eigenvalue weighted by molar-refractivity contribution is 7.89.